The van der Waals surface area contributed by atoms with E-state index < -0.39 is 52.5 Å². The molecule has 3 amide bonds. The Balaban J connectivity index is 2.09. The van der Waals surface area contributed by atoms with Crippen LogP contribution in [0.4, 0.5) is 22.8 Å². The quantitative estimate of drug-likeness (QED) is 0.593. The van der Waals surface area contributed by atoms with E-state index in [9.17, 15) is 27.6 Å². The fourth-order valence-corrected chi connectivity index (χ4v) is 3.99. The Morgan fingerprint density at radius 2 is 1.65 bits per heavy atom. The van der Waals surface area contributed by atoms with E-state index in [1.54, 1.807) is 41.5 Å². The van der Waals surface area contributed by atoms with Gasteiger partial charge in [-0.05, 0) is 32.3 Å². The lowest BCUT2D eigenvalue weighted by atomic mass is 9.86. The highest BCUT2D eigenvalue weighted by molar-refractivity contribution is 5.89. The largest absolute Gasteiger partial charge is 0.444 e. The number of hydrogen-bond acceptors (Lipinski definition) is 5. The molecular formula is C25H32F3N5O4. The predicted molar refractivity (Wildman–Crippen MR) is 129 cm³/mol. The van der Waals surface area contributed by atoms with Gasteiger partial charge in [-0.2, -0.15) is 9.78 Å². The minimum absolute atomic E-state index is 0.108. The van der Waals surface area contributed by atoms with Crippen LogP contribution in [0.2, 0.25) is 0 Å². The zero-order valence-corrected chi connectivity index (χ0v) is 22.0. The van der Waals surface area contributed by atoms with Gasteiger partial charge in [-0.3, -0.25) is 4.79 Å². The van der Waals surface area contributed by atoms with Crippen LogP contribution in [-0.4, -0.2) is 57.9 Å². The van der Waals surface area contributed by atoms with Gasteiger partial charge in [0.15, 0.2) is 11.6 Å². The number of aromatic nitrogens is 2. The van der Waals surface area contributed by atoms with E-state index >= 15 is 0 Å². The van der Waals surface area contributed by atoms with Crippen molar-refractivity contribution in [1.29, 1.82) is 0 Å². The number of nitrogens with one attached hydrogen (secondary N) is 2. The van der Waals surface area contributed by atoms with Crippen molar-refractivity contribution in [2.75, 3.05) is 13.6 Å². The summed E-state index contributed by atoms with van der Waals surface area (Å²) in [6, 6.07) is -0.647. The average molecular weight is 524 g/mol. The Bertz CT molecular complexity index is 1230. The van der Waals surface area contributed by atoms with E-state index in [4.69, 9.17) is 4.74 Å². The van der Waals surface area contributed by atoms with E-state index in [0.717, 1.165) is 4.68 Å². The molecule has 0 unspecified atom stereocenters. The molecule has 2 N–H and O–H groups in total. The van der Waals surface area contributed by atoms with Crippen LogP contribution in [-0.2, 0) is 22.5 Å². The number of rotatable bonds is 3. The van der Waals surface area contributed by atoms with Gasteiger partial charge >= 0.3 is 12.1 Å². The fraction of sp³-hybridized carbons (Fsp3) is 0.520. The number of fused-ring (bicyclic) bond motifs is 1. The third kappa shape index (κ3) is 6.05. The van der Waals surface area contributed by atoms with Crippen LogP contribution < -0.4 is 10.6 Å². The van der Waals surface area contributed by atoms with Crippen molar-refractivity contribution in [2.45, 2.75) is 66.2 Å². The van der Waals surface area contributed by atoms with Crippen molar-refractivity contribution in [3.8, 4) is 11.3 Å². The van der Waals surface area contributed by atoms with Crippen molar-refractivity contribution in [2.24, 2.45) is 5.41 Å². The smallest absolute Gasteiger partial charge is 0.410 e. The van der Waals surface area contributed by atoms with Crippen molar-refractivity contribution < 1.29 is 32.3 Å². The van der Waals surface area contributed by atoms with Gasteiger partial charge in [0, 0.05) is 37.2 Å². The second kappa shape index (κ2) is 10.1. The molecule has 2 heterocycles. The zero-order chi connectivity index (χ0) is 27.9. The molecule has 9 nitrogen and oxygen atoms in total. The minimum atomic E-state index is -1.37. The van der Waals surface area contributed by atoms with Crippen LogP contribution in [0.1, 0.15) is 52.8 Å². The summed E-state index contributed by atoms with van der Waals surface area (Å²) < 4.78 is 48.9. The molecule has 1 atom stereocenters. The highest BCUT2D eigenvalue weighted by Crippen LogP contribution is 2.33. The van der Waals surface area contributed by atoms with E-state index in [0.29, 0.717) is 17.8 Å². The molecule has 1 aliphatic heterocycles. The van der Waals surface area contributed by atoms with E-state index in [2.05, 4.69) is 15.7 Å². The third-order valence-corrected chi connectivity index (χ3v) is 5.81. The highest BCUT2D eigenvalue weighted by atomic mass is 19.2. The molecule has 1 aromatic heterocycles. The molecule has 0 fully saturated rings. The van der Waals surface area contributed by atoms with Gasteiger partial charge in [-0.1, -0.05) is 20.8 Å². The van der Waals surface area contributed by atoms with Crippen LogP contribution in [0.15, 0.2) is 12.1 Å². The van der Waals surface area contributed by atoms with Crippen LogP contribution in [0.5, 0.6) is 0 Å². The second-order valence-electron chi connectivity index (χ2n) is 10.9. The van der Waals surface area contributed by atoms with Gasteiger partial charge in [-0.25, -0.2) is 22.8 Å². The first-order valence-electron chi connectivity index (χ1n) is 11.8. The molecule has 0 spiro atoms. The monoisotopic (exact) mass is 523 g/mol. The summed E-state index contributed by atoms with van der Waals surface area (Å²) in [4.78, 5) is 39.8. The lowest BCUT2D eigenvalue weighted by molar-refractivity contribution is -0.124. The summed E-state index contributed by atoms with van der Waals surface area (Å²) in [7, 11) is 1.44. The van der Waals surface area contributed by atoms with Gasteiger partial charge in [0.25, 0.3) is 0 Å². The Morgan fingerprint density at radius 3 is 2.22 bits per heavy atom. The van der Waals surface area contributed by atoms with Gasteiger partial charge in [-0.15, -0.1) is 0 Å². The van der Waals surface area contributed by atoms with E-state index in [1.165, 1.54) is 11.9 Å². The topological polar surface area (TPSA) is 106 Å². The zero-order valence-electron chi connectivity index (χ0n) is 22.0. The number of hydrogen-bond donors (Lipinski definition) is 2. The maximum atomic E-state index is 14.8. The van der Waals surface area contributed by atoms with Gasteiger partial charge in [0.05, 0.1) is 12.2 Å². The normalized spacial score (nSPS) is 14.6. The fourth-order valence-electron chi connectivity index (χ4n) is 3.99. The summed E-state index contributed by atoms with van der Waals surface area (Å²) in [5.41, 5.74) is -1.29. The number of likely N-dealkylation sites (N-methyl/N-ethyl adjacent to an activating group) is 1. The number of amides is 3. The highest BCUT2D eigenvalue weighted by Gasteiger charge is 2.36. The molecule has 3 rings (SSSR count). The summed E-state index contributed by atoms with van der Waals surface area (Å²) in [5, 5.41) is 9.41. The first kappa shape index (κ1) is 28.0. The van der Waals surface area contributed by atoms with Gasteiger partial charge in [0.2, 0.25) is 5.91 Å². The molecule has 37 heavy (non-hydrogen) atoms. The molecule has 202 valence electrons. The predicted octanol–water partition coefficient (Wildman–Crippen LogP) is 3.98. The summed E-state index contributed by atoms with van der Waals surface area (Å²) in [5.74, 6) is -4.18. The number of ether oxygens (including phenoxy) is 1. The lowest BCUT2D eigenvalue weighted by Gasteiger charge is -2.31. The maximum absolute atomic E-state index is 14.8. The van der Waals surface area contributed by atoms with Crippen LogP contribution in [0.3, 0.4) is 0 Å². The standard InChI is InChI=1S/C25H32F3N5O4/c1-24(2,3)20(21(34)29-7)30-22(35)33-18-8-9-32(23(36)37-25(4,5)6)12-14(18)19(31-33)13-10-16(27)17(28)11-15(13)26/h10-11,20H,8-9,12H2,1-7H3,(H,29,34)(H,30,35)/t20-/m1/s1. The maximum Gasteiger partial charge on any atom is 0.410 e. The van der Waals surface area contributed by atoms with Gasteiger partial charge in [0.1, 0.15) is 23.2 Å². The number of carbonyl (C=O) groups is 3. The van der Waals surface area contributed by atoms with Crippen molar-refractivity contribution in [3.05, 3.63) is 40.8 Å². The Labute approximate surface area is 213 Å². The molecule has 1 aromatic carbocycles. The van der Waals surface area contributed by atoms with Crippen molar-refractivity contribution in [3.63, 3.8) is 0 Å². The molecule has 12 heteroatoms. The summed E-state index contributed by atoms with van der Waals surface area (Å²) in [6.07, 6.45) is -0.486. The number of nitrogens with zero attached hydrogens (tertiary/aromatic N) is 3. The van der Waals surface area contributed by atoms with Crippen molar-refractivity contribution in [1.82, 2.24) is 25.3 Å². The van der Waals surface area contributed by atoms with Crippen LogP contribution >= 0.6 is 0 Å². The second-order valence-corrected chi connectivity index (χ2v) is 10.9. The van der Waals surface area contributed by atoms with Crippen LogP contribution in [0.25, 0.3) is 11.3 Å². The molecule has 0 saturated carbocycles. The third-order valence-electron chi connectivity index (χ3n) is 5.81. The number of halogens is 3. The lowest BCUT2D eigenvalue weighted by Crippen LogP contribution is -2.54. The minimum Gasteiger partial charge on any atom is -0.444 e. The molecule has 0 radical (unpaired) electrons. The van der Waals surface area contributed by atoms with E-state index in [-0.39, 0.29) is 36.3 Å². The number of carbonyl (C=O) groups excluding carboxylic acids is 3. The van der Waals surface area contributed by atoms with E-state index in [1.807, 2.05) is 0 Å². The first-order valence-corrected chi connectivity index (χ1v) is 11.8. The molecular weight excluding hydrogens is 491 g/mol. The number of benzene rings is 1. The van der Waals surface area contributed by atoms with Gasteiger partial charge < -0.3 is 20.3 Å². The average Bonchev–Trinajstić information content (AvgIpc) is 3.16. The molecule has 0 aliphatic carbocycles. The first-order chi connectivity index (χ1) is 17.0. The Hall–Kier alpha value is -3.57. The molecule has 1 aliphatic rings. The Morgan fingerprint density at radius 1 is 1.03 bits per heavy atom. The summed E-state index contributed by atoms with van der Waals surface area (Å²) >= 11 is 0. The molecule has 2 aromatic rings. The molecule has 0 bridgehead atoms. The summed E-state index contributed by atoms with van der Waals surface area (Å²) in [6.45, 7) is 10.5. The molecule has 0 saturated heterocycles. The SMILES string of the molecule is CNC(=O)[C@@H](NC(=O)n1nc(-c2cc(F)c(F)cc2F)c2c1CCN(C(=O)OC(C)(C)C)C2)C(C)(C)C. The van der Waals surface area contributed by atoms with Crippen LogP contribution in [0, 0.1) is 22.9 Å². The Kier molecular flexibility index (Phi) is 7.62. The van der Waals surface area contributed by atoms with Crippen molar-refractivity contribution >= 4 is 18.0 Å².